The molecule has 0 aromatic rings. The largest absolute Gasteiger partial charge is 0.393 e. The molecule has 4 nitrogen and oxygen atoms in total. The van der Waals surface area contributed by atoms with Gasteiger partial charge in [0.05, 0.1) is 19.3 Å². The van der Waals surface area contributed by atoms with Gasteiger partial charge in [-0.15, -0.1) is 0 Å². The number of hydrogen-bond acceptors (Lipinski definition) is 4. The Morgan fingerprint density at radius 1 is 1.03 bits per heavy atom. The maximum atomic E-state index is 11.8. The molecule has 5 aliphatic rings. The number of nitrogens with one attached hydrogen (secondary N) is 1. The lowest BCUT2D eigenvalue weighted by Crippen LogP contribution is -2.59. The first-order chi connectivity index (χ1) is 16.4. The lowest BCUT2D eigenvalue weighted by molar-refractivity contribution is -0.169. The van der Waals surface area contributed by atoms with E-state index < -0.39 is 0 Å². The topological polar surface area (TPSA) is 44.7 Å². The minimum atomic E-state index is -0.102. The fourth-order valence-corrected chi connectivity index (χ4v) is 10.3. The van der Waals surface area contributed by atoms with Crippen molar-refractivity contribution in [1.29, 1.82) is 0 Å². The molecule has 0 spiro atoms. The molecule has 0 bridgehead atoms. The molecule has 1 saturated heterocycles. The molecular formula is C30H54N2O2. The van der Waals surface area contributed by atoms with E-state index in [0.29, 0.717) is 11.3 Å². The molecule has 0 aromatic heterocycles. The Morgan fingerprint density at radius 3 is 2.59 bits per heavy atom. The van der Waals surface area contributed by atoms with Crippen LogP contribution in [0.3, 0.4) is 0 Å². The van der Waals surface area contributed by atoms with E-state index in [9.17, 15) is 5.11 Å². The first kappa shape index (κ1) is 25.5. The molecule has 4 heteroatoms. The van der Waals surface area contributed by atoms with Gasteiger partial charge in [0.2, 0.25) is 0 Å². The molecule has 1 heterocycles. The first-order valence-corrected chi connectivity index (χ1v) is 15.1. The van der Waals surface area contributed by atoms with E-state index in [1.54, 1.807) is 0 Å². The van der Waals surface area contributed by atoms with Gasteiger partial charge in [0.25, 0.3) is 0 Å². The number of ether oxygens (including phenoxy) is 1. The Labute approximate surface area is 210 Å². The Morgan fingerprint density at radius 2 is 1.82 bits per heavy atom. The summed E-state index contributed by atoms with van der Waals surface area (Å²) in [5.41, 5.74) is 0.600. The van der Waals surface area contributed by atoms with Crippen molar-refractivity contribution in [2.75, 3.05) is 39.4 Å². The average Bonchev–Trinajstić information content (AvgIpc) is 3.20. The quantitative estimate of drug-likeness (QED) is 0.523. The molecule has 0 unspecified atom stereocenters. The van der Waals surface area contributed by atoms with Gasteiger partial charge >= 0.3 is 0 Å². The van der Waals surface area contributed by atoms with E-state index in [4.69, 9.17) is 4.74 Å². The van der Waals surface area contributed by atoms with E-state index in [1.807, 2.05) is 0 Å². The van der Waals surface area contributed by atoms with Crippen molar-refractivity contribution < 1.29 is 9.84 Å². The number of aliphatic hydroxyl groups is 1. The smallest absolute Gasteiger partial charge is 0.0602 e. The maximum Gasteiger partial charge on any atom is 0.0602 e. The van der Waals surface area contributed by atoms with Crippen LogP contribution in [0.4, 0.5) is 0 Å². The van der Waals surface area contributed by atoms with Crippen molar-refractivity contribution >= 4 is 0 Å². The predicted octanol–water partition coefficient (Wildman–Crippen LogP) is 5.34. The Kier molecular flexibility index (Phi) is 7.72. The molecular weight excluding hydrogens is 420 g/mol. The van der Waals surface area contributed by atoms with Gasteiger partial charge in [-0.25, -0.2) is 0 Å². The molecule has 0 amide bonds. The highest BCUT2D eigenvalue weighted by atomic mass is 16.5. The van der Waals surface area contributed by atoms with Gasteiger partial charge in [-0.1, -0.05) is 27.7 Å². The minimum absolute atomic E-state index is 0.102. The monoisotopic (exact) mass is 474 g/mol. The lowest BCUT2D eigenvalue weighted by atomic mass is 9.43. The summed E-state index contributed by atoms with van der Waals surface area (Å²) >= 11 is 0. The normalized spacial score (nSPS) is 48.1. The van der Waals surface area contributed by atoms with E-state index in [2.05, 4.69) is 37.9 Å². The summed E-state index contributed by atoms with van der Waals surface area (Å²) in [7, 11) is 0. The van der Waals surface area contributed by atoms with Crippen LogP contribution in [-0.4, -0.2) is 61.5 Å². The standard InChI is InChI=1S/C30H54N2O2/c1-5-31-23-12-13-29(3)22(19-23)8-9-24-26-11-10-25(30(26,4)28(33)20-27(24)29)21(2)7-6-14-32-15-17-34-18-16-32/h21-28,31,33H,5-20H2,1-4H3/t21-,22-,23+,24+,25-,26+,27+,28+,29+,30-/m1/s1. The highest BCUT2D eigenvalue weighted by Gasteiger charge is 2.63. The molecule has 5 rings (SSSR count). The van der Waals surface area contributed by atoms with E-state index >= 15 is 0 Å². The average molecular weight is 475 g/mol. The van der Waals surface area contributed by atoms with Gasteiger partial charge < -0.3 is 15.2 Å². The van der Waals surface area contributed by atoms with Crippen LogP contribution in [0, 0.1) is 46.3 Å². The van der Waals surface area contributed by atoms with Gasteiger partial charge in [0, 0.05) is 19.1 Å². The van der Waals surface area contributed by atoms with Crippen LogP contribution in [-0.2, 0) is 4.74 Å². The number of aliphatic hydroxyl groups excluding tert-OH is 1. The molecule has 10 atom stereocenters. The summed E-state index contributed by atoms with van der Waals surface area (Å²) in [4.78, 5) is 2.58. The Balaban J connectivity index is 1.24. The van der Waals surface area contributed by atoms with Crippen LogP contribution in [0.25, 0.3) is 0 Å². The summed E-state index contributed by atoms with van der Waals surface area (Å²) in [6.07, 6.45) is 13.2. The van der Waals surface area contributed by atoms with Crippen LogP contribution in [0.5, 0.6) is 0 Å². The summed E-state index contributed by atoms with van der Waals surface area (Å²) in [6, 6.07) is 0.729. The number of nitrogens with zero attached hydrogens (tertiary/aromatic N) is 1. The Hall–Kier alpha value is -0.160. The zero-order valence-corrected chi connectivity index (χ0v) is 22.7. The molecule has 2 N–H and O–H groups in total. The molecule has 0 radical (unpaired) electrons. The second kappa shape index (κ2) is 10.3. The number of fused-ring (bicyclic) bond motifs is 5. The molecule has 34 heavy (non-hydrogen) atoms. The summed E-state index contributed by atoms with van der Waals surface area (Å²) < 4.78 is 5.52. The van der Waals surface area contributed by atoms with Gasteiger partial charge in [0.15, 0.2) is 0 Å². The second-order valence-electron chi connectivity index (χ2n) is 13.6. The van der Waals surface area contributed by atoms with Crippen LogP contribution < -0.4 is 5.32 Å². The predicted molar refractivity (Wildman–Crippen MR) is 140 cm³/mol. The number of morpholine rings is 1. The fourth-order valence-electron chi connectivity index (χ4n) is 10.3. The van der Waals surface area contributed by atoms with Crippen molar-refractivity contribution in [3.63, 3.8) is 0 Å². The number of hydrogen-bond donors (Lipinski definition) is 2. The highest BCUT2D eigenvalue weighted by Crippen LogP contribution is 2.68. The third-order valence-corrected chi connectivity index (χ3v) is 12.3. The van der Waals surface area contributed by atoms with Crippen LogP contribution in [0.2, 0.25) is 0 Å². The zero-order chi connectivity index (χ0) is 23.9. The first-order valence-electron chi connectivity index (χ1n) is 15.1. The van der Waals surface area contributed by atoms with Crippen molar-refractivity contribution in [2.45, 2.75) is 104 Å². The van der Waals surface area contributed by atoms with Crippen LogP contribution >= 0.6 is 0 Å². The molecule has 196 valence electrons. The van der Waals surface area contributed by atoms with Crippen molar-refractivity contribution in [2.24, 2.45) is 46.3 Å². The molecule has 4 saturated carbocycles. The summed E-state index contributed by atoms with van der Waals surface area (Å²) in [5, 5.41) is 15.6. The molecule has 5 fully saturated rings. The van der Waals surface area contributed by atoms with Gasteiger partial charge in [-0.3, -0.25) is 4.90 Å². The van der Waals surface area contributed by atoms with Gasteiger partial charge in [-0.05, 0) is 124 Å². The van der Waals surface area contributed by atoms with Crippen LogP contribution in [0.15, 0.2) is 0 Å². The molecule has 0 aromatic carbocycles. The highest BCUT2D eigenvalue weighted by molar-refractivity contribution is 5.12. The molecule has 1 aliphatic heterocycles. The van der Waals surface area contributed by atoms with Crippen molar-refractivity contribution in [1.82, 2.24) is 10.2 Å². The SMILES string of the molecule is CCN[C@H]1CC[C@@]2(C)[C@H](CC[C@@H]3[C@@H]2C[C@H](O)[C@]2(C)[C@@H]([C@H](C)CCCN4CCOCC4)CC[C@@H]32)C1. The van der Waals surface area contributed by atoms with Gasteiger partial charge in [-0.2, -0.15) is 0 Å². The van der Waals surface area contributed by atoms with Gasteiger partial charge in [0.1, 0.15) is 0 Å². The second-order valence-corrected chi connectivity index (χ2v) is 13.6. The van der Waals surface area contributed by atoms with Crippen molar-refractivity contribution in [3.05, 3.63) is 0 Å². The van der Waals surface area contributed by atoms with E-state index in [-0.39, 0.29) is 11.5 Å². The van der Waals surface area contributed by atoms with Crippen LogP contribution in [0.1, 0.15) is 91.9 Å². The minimum Gasteiger partial charge on any atom is -0.393 e. The summed E-state index contributed by atoms with van der Waals surface area (Å²) in [5.74, 6) is 4.64. The van der Waals surface area contributed by atoms with E-state index in [0.717, 1.165) is 74.9 Å². The third-order valence-electron chi connectivity index (χ3n) is 12.3. The van der Waals surface area contributed by atoms with Crippen molar-refractivity contribution in [3.8, 4) is 0 Å². The molecule has 4 aliphatic carbocycles. The maximum absolute atomic E-state index is 11.8. The Bertz CT molecular complexity index is 681. The third kappa shape index (κ3) is 4.41. The fraction of sp³-hybridized carbons (Fsp3) is 1.00. The zero-order valence-electron chi connectivity index (χ0n) is 22.7. The number of rotatable bonds is 7. The van der Waals surface area contributed by atoms with E-state index in [1.165, 1.54) is 64.3 Å². The summed E-state index contributed by atoms with van der Waals surface area (Å²) in [6.45, 7) is 16.3. The lowest BCUT2D eigenvalue weighted by Gasteiger charge is -2.62.